The molecule has 240 valence electrons. The summed E-state index contributed by atoms with van der Waals surface area (Å²) < 4.78 is 0. The predicted octanol–water partition coefficient (Wildman–Crippen LogP) is -5.27. The number of hydrogen-bond donors (Lipinski definition) is 9. The van der Waals surface area contributed by atoms with Gasteiger partial charge in [0.15, 0.2) is 0 Å². The van der Waals surface area contributed by atoms with Crippen molar-refractivity contribution in [1.82, 2.24) is 36.8 Å². The van der Waals surface area contributed by atoms with Crippen LogP contribution in [0.15, 0.2) is 0 Å². The van der Waals surface area contributed by atoms with Gasteiger partial charge in [0.2, 0.25) is 41.4 Å². The fraction of sp³-hybridized carbons (Fsp3) is 0.625. The lowest BCUT2D eigenvalue weighted by molar-refractivity contribution is -0.142. The van der Waals surface area contributed by atoms with Crippen LogP contribution in [-0.4, -0.2) is 125 Å². The van der Waals surface area contributed by atoms with E-state index in [1.54, 1.807) is 0 Å². The number of carbonyl (C=O) groups is 9. The summed E-state index contributed by atoms with van der Waals surface area (Å²) in [6.07, 6.45) is 0.137. The Hall–Kier alpha value is -4.81. The number of rotatable bonds is 16. The summed E-state index contributed by atoms with van der Waals surface area (Å²) in [6.45, 7) is 2.60. The molecule has 0 bridgehead atoms. The molecule has 7 amide bonds. The van der Waals surface area contributed by atoms with Gasteiger partial charge >= 0.3 is 11.9 Å². The molecule has 1 saturated heterocycles. The Kier molecular flexibility index (Phi) is 14.5. The van der Waals surface area contributed by atoms with E-state index in [0.717, 1.165) is 0 Å². The Labute approximate surface area is 246 Å². The molecule has 0 aromatic heterocycles. The molecule has 1 aliphatic heterocycles. The Bertz CT molecular complexity index is 1110. The third-order valence-corrected chi connectivity index (χ3v) is 6.18. The van der Waals surface area contributed by atoms with Crippen LogP contribution >= 0.6 is 0 Å². The zero-order valence-corrected chi connectivity index (χ0v) is 23.9. The van der Waals surface area contributed by atoms with Crippen LogP contribution in [0.2, 0.25) is 0 Å². The number of hydrogen-bond acceptors (Lipinski definition) is 10. The van der Waals surface area contributed by atoms with Gasteiger partial charge in [0.05, 0.1) is 26.1 Å². The van der Waals surface area contributed by atoms with Crippen LogP contribution in [0.1, 0.15) is 40.0 Å². The van der Waals surface area contributed by atoms with E-state index in [-0.39, 0.29) is 6.54 Å². The van der Waals surface area contributed by atoms with Gasteiger partial charge in [-0.2, -0.15) is 0 Å². The summed E-state index contributed by atoms with van der Waals surface area (Å²) in [5, 5.41) is 31.2. The lowest BCUT2D eigenvalue weighted by Crippen LogP contribution is -2.56. The first-order chi connectivity index (χ1) is 20.1. The van der Waals surface area contributed by atoms with Gasteiger partial charge < -0.3 is 52.7 Å². The van der Waals surface area contributed by atoms with Crippen molar-refractivity contribution in [2.75, 3.05) is 26.2 Å². The van der Waals surface area contributed by atoms with Gasteiger partial charge in [-0.05, 0) is 33.6 Å². The average molecular weight is 615 g/mol. The quantitative estimate of drug-likeness (QED) is 0.0788. The lowest BCUT2D eigenvalue weighted by Gasteiger charge is -2.25. The highest BCUT2D eigenvalue weighted by Gasteiger charge is 2.34. The number of carbonyl (C=O) groups excluding carboxylic acids is 7. The molecule has 0 radical (unpaired) electrons. The first-order valence-corrected chi connectivity index (χ1v) is 13.3. The van der Waals surface area contributed by atoms with Crippen LogP contribution < -0.4 is 37.6 Å². The molecule has 1 aliphatic rings. The minimum Gasteiger partial charge on any atom is -0.481 e. The summed E-state index contributed by atoms with van der Waals surface area (Å²) >= 11 is 0. The highest BCUT2D eigenvalue weighted by Crippen LogP contribution is 2.17. The summed E-state index contributed by atoms with van der Waals surface area (Å²) in [7, 11) is 0. The van der Waals surface area contributed by atoms with Crippen molar-refractivity contribution in [3.05, 3.63) is 0 Å². The molecule has 19 nitrogen and oxygen atoms in total. The van der Waals surface area contributed by atoms with Gasteiger partial charge in [-0.15, -0.1) is 0 Å². The standard InChI is InChI=1S/C24H38N8O11/c1-11(30-23(41)15-5-4-6-32(15)18(35)8-25)20(38)26-9-16(33)28-12(2)21(39)31-14(7-19(36)37)22(40)27-10-17(34)29-13(3)24(42)43/h11-15H,4-10,25H2,1-3H3,(H,26,38)(H,27,40)(H,28,33)(H,29,34)(H,30,41)(H,31,39)(H,36,37)(H,42,43)/t11-,12-,13-,14-,15-/m0/s1. The van der Waals surface area contributed by atoms with Crippen LogP contribution in [0.5, 0.6) is 0 Å². The first-order valence-electron chi connectivity index (χ1n) is 13.3. The van der Waals surface area contributed by atoms with Crippen LogP contribution in [-0.2, 0) is 43.2 Å². The SMILES string of the molecule is C[C@H](NC(=O)CNC(=O)[C@H](CC(=O)O)NC(=O)[C@H](C)NC(=O)CNC(=O)[C@H](C)NC(=O)[C@@H]1CCCN1C(=O)CN)C(=O)O. The Morgan fingerprint density at radius 2 is 1.30 bits per heavy atom. The molecule has 0 aromatic rings. The molecular formula is C24H38N8O11. The Morgan fingerprint density at radius 3 is 1.84 bits per heavy atom. The van der Waals surface area contributed by atoms with E-state index in [4.69, 9.17) is 15.9 Å². The zero-order chi connectivity index (χ0) is 32.9. The van der Waals surface area contributed by atoms with Crippen LogP contribution in [0.25, 0.3) is 0 Å². The van der Waals surface area contributed by atoms with E-state index in [1.807, 2.05) is 0 Å². The number of nitrogens with two attached hydrogens (primary N) is 1. The maximum absolute atomic E-state index is 12.5. The lowest BCUT2D eigenvalue weighted by atomic mass is 10.1. The highest BCUT2D eigenvalue weighted by molar-refractivity contribution is 5.96. The molecule has 0 unspecified atom stereocenters. The number of carboxylic acid groups (broad SMARTS) is 2. The van der Waals surface area contributed by atoms with E-state index in [0.29, 0.717) is 19.4 Å². The maximum Gasteiger partial charge on any atom is 0.325 e. The van der Waals surface area contributed by atoms with Crippen molar-refractivity contribution in [3.8, 4) is 0 Å². The van der Waals surface area contributed by atoms with Gasteiger partial charge in [0.1, 0.15) is 30.2 Å². The van der Waals surface area contributed by atoms with Gasteiger partial charge in [0, 0.05) is 6.54 Å². The monoisotopic (exact) mass is 614 g/mol. The molecule has 10 N–H and O–H groups in total. The van der Waals surface area contributed by atoms with Crippen molar-refractivity contribution in [3.63, 3.8) is 0 Å². The Balaban J connectivity index is 2.57. The first kappa shape index (κ1) is 36.2. The largest absolute Gasteiger partial charge is 0.481 e. The van der Waals surface area contributed by atoms with Gasteiger partial charge in [0.25, 0.3) is 0 Å². The number of carboxylic acids is 2. The van der Waals surface area contributed by atoms with E-state index < -0.39 is 103 Å². The van der Waals surface area contributed by atoms with Crippen LogP contribution in [0.3, 0.4) is 0 Å². The van der Waals surface area contributed by atoms with Crippen molar-refractivity contribution >= 4 is 53.3 Å². The summed E-state index contributed by atoms with van der Waals surface area (Å²) in [4.78, 5) is 109. The molecule has 19 heteroatoms. The second kappa shape index (κ2) is 17.2. The molecular weight excluding hydrogens is 576 g/mol. The van der Waals surface area contributed by atoms with Gasteiger partial charge in [-0.3, -0.25) is 43.2 Å². The number of amides is 7. The molecule has 0 spiro atoms. The minimum absolute atomic E-state index is 0.257. The molecule has 1 rings (SSSR count). The molecule has 0 saturated carbocycles. The third-order valence-electron chi connectivity index (χ3n) is 6.18. The van der Waals surface area contributed by atoms with E-state index in [9.17, 15) is 43.2 Å². The molecule has 1 fully saturated rings. The zero-order valence-electron chi connectivity index (χ0n) is 23.9. The number of nitrogens with one attached hydrogen (secondary N) is 6. The second-order valence-corrected chi connectivity index (χ2v) is 9.69. The Morgan fingerprint density at radius 1 is 0.767 bits per heavy atom. The van der Waals surface area contributed by atoms with Crippen LogP contribution in [0.4, 0.5) is 0 Å². The second-order valence-electron chi connectivity index (χ2n) is 9.69. The van der Waals surface area contributed by atoms with E-state index in [1.165, 1.54) is 25.7 Å². The number of aliphatic carboxylic acids is 2. The molecule has 1 heterocycles. The molecule has 0 aliphatic carbocycles. The topological polar surface area (TPSA) is 296 Å². The summed E-state index contributed by atoms with van der Waals surface area (Å²) in [5.74, 6) is -8.16. The minimum atomic E-state index is -1.64. The normalized spacial score (nSPS) is 16.8. The van der Waals surface area contributed by atoms with Gasteiger partial charge in [-0.1, -0.05) is 0 Å². The predicted molar refractivity (Wildman–Crippen MR) is 144 cm³/mol. The van der Waals surface area contributed by atoms with Crippen molar-refractivity contribution < 1.29 is 53.4 Å². The van der Waals surface area contributed by atoms with Gasteiger partial charge in [-0.25, -0.2) is 0 Å². The number of likely N-dealkylation sites (tertiary alicyclic amines) is 1. The third kappa shape index (κ3) is 12.3. The summed E-state index contributed by atoms with van der Waals surface area (Å²) in [5.41, 5.74) is 5.36. The van der Waals surface area contributed by atoms with Crippen molar-refractivity contribution in [2.45, 2.75) is 70.2 Å². The fourth-order valence-corrected chi connectivity index (χ4v) is 3.83. The van der Waals surface area contributed by atoms with E-state index in [2.05, 4.69) is 31.9 Å². The number of nitrogens with zero attached hydrogens (tertiary/aromatic N) is 1. The van der Waals surface area contributed by atoms with E-state index >= 15 is 0 Å². The van der Waals surface area contributed by atoms with Crippen LogP contribution in [0, 0.1) is 0 Å². The molecule has 5 atom stereocenters. The average Bonchev–Trinajstić information content (AvgIpc) is 3.43. The van der Waals surface area contributed by atoms with Crippen molar-refractivity contribution in [1.29, 1.82) is 0 Å². The molecule has 0 aromatic carbocycles. The maximum atomic E-state index is 12.5. The fourth-order valence-electron chi connectivity index (χ4n) is 3.83. The van der Waals surface area contributed by atoms with Crippen molar-refractivity contribution in [2.24, 2.45) is 5.73 Å². The smallest absolute Gasteiger partial charge is 0.325 e. The molecule has 43 heavy (non-hydrogen) atoms. The highest BCUT2D eigenvalue weighted by atomic mass is 16.4. The summed E-state index contributed by atoms with van der Waals surface area (Å²) in [6, 6.07) is -6.01.